The van der Waals surface area contributed by atoms with E-state index in [0.29, 0.717) is 10.8 Å². The van der Waals surface area contributed by atoms with Crippen molar-refractivity contribution in [2.45, 2.75) is 6.92 Å². The van der Waals surface area contributed by atoms with Gasteiger partial charge >= 0.3 is 0 Å². The van der Waals surface area contributed by atoms with Crippen molar-refractivity contribution in [3.63, 3.8) is 0 Å². The molecule has 0 aliphatic carbocycles. The minimum atomic E-state index is 0.485. The molecule has 0 radical (unpaired) electrons. The van der Waals surface area contributed by atoms with Crippen molar-refractivity contribution in [2.75, 3.05) is 5.73 Å². The summed E-state index contributed by atoms with van der Waals surface area (Å²) in [6, 6.07) is 5.54. The van der Waals surface area contributed by atoms with Crippen LogP contribution in [0.1, 0.15) is 5.56 Å². The van der Waals surface area contributed by atoms with Gasteiger partial charge in [-0.05, 0) is 40.5 Å². The molecule has 15 heavy (non-hydrogen) atoms. The highest BCUT2D eigenvalue weighted by Gasteiger charge is 2.07. The van der Waals surface area contributed by atoms with Gasteiger partial charge in [0.05, 0.1) is 5.69 Å². The fourth-order valence-electron chi connectivity index (χ4n) is 1.28. The number of hydrogen-bond donors (Lipinski definition) is 1. The van der Waals surface area contributed by atoms with Crippen LogP contribution in [-0.4, -0.2) is 9.78 Å². The zero-order valence-corrected chi connectivity index (χ0v) is 10.4. The molecule has 0 aliphatic heterocycles. The smallest absolute Gasteiger partial charge is 0.145 e. The summed E-state index contributed by atoms with van der Waals surface area (Å²) in [6.07, 6.45) is 1.79. The van der Waals surface area contributed by atoms with Crippen LogP contribution in [0.5, 0.6) is 0 Å². The summed E-state index contributed by atoms with van der Waals surface area (Å²) in [4.78, 5) is 0. The first-order chi connectivity index (χ1) is 7.08. The van der Waals surface area contributed by atoms with E-state index >= 15 is 0 Å². The Balaban J connectivity index is 2.58. The first kappa shape index (κ1) is 10.5. The van der Waals surface area contributed by atoms with Crippen LogP contribution in [-0.2, 0) is 0 Å². The monoisotopic (exact) mass is 285 g/mol. The zero-order chi connectivity index (χ0) is 11.0. The number of nitrogens with two attached hydrogens (primary N) is 1. The molecule has 0 fully saturated rings. The molecule has 0 amide bonds. The Hall–Kier alpha value is -1.00. The van der Waals surface area contributed by atoms with Crippen LogP contribution in [0, 0.1) is 6.92 Å². The van der Waals surface area contributed by atoms with Crippen LogP contribution in [0.25, 0.3) is 5.69 Å². The lowest BCUT2D eigenvalue weighted by Gasteiger charge is -2.07. The van der Waals surface area contributed by atoms with E-state index in [4.69, 9.17) is 17.3 Å². The van der Waals surface area contributed by atoms with Gasteiger partial charge in [-0.15, -0.1) is 0 Å². The quantitative estimate of drug-likeness (QED) is 0.875. The van der Waals surface area contributed by atoms with Gasteiger partial charge in [0.25, 0.3) is 0 Å². The van der Waals surface area contributed by atoms with Crippen molar-refractivity contribution in [2.24, 2.45) is 0 Å². The summed E-state index contributed by atoms with van der Waals surface area (Å²) >= 11 is 9.52. The third-order valence-corrected chi connectivity index (χ3v) is 3.13. The number of anilines is 1. The van der Waals surface area contributed by atoms with Crippen molar-refractivity contribution in [3.8, 4) is 5.69 Å². The summed E-state index contributed by atoms with van der Waals surface area (Å²) in [6.45, 7) is 1.95. The maximum absolute atomic E-state index is 6.05. The van der Waals surface area contributed by atoms with E-state index < -0.39 is 0 Å². The molecule has 0 bridgehead atoms. The molecule has 1 aromatic heterocycles. The van der Waals surface area contributed by atoms with Gasteiger partial charge in [-0.3, -0.25) is 0 Å². The zero-order valence-electron chi connectivity index (χ0n) is 8.04. The molecule has 5 heteroatoms. The molecule has 0 atom stereocenters. The molecule has 2 N–H and O–H groups in total. The number of aromatic nitrogens is 2. The van der Waals surface area contributed by atoms with E-state index in [0.717, 1.165) is 15.7 Å². The molecule has 2 aromatic rings. The summed E-state index contributed by atoms with van der Waals surface area (Å²) < 4.78 is 2.62. The largest absolute Gasteiger partial charge is 0.382 e. The molecule has 1 heterocycles. The van der Waals surface area contributed by atoms with Crippen LogP contribution in [0.3, 0.4) is 0 Å². The lowest BCUT2D eigenvalue weighted by molar-refractivity contribution is 0.881. The highest BCUT2D eigenvalue weighted by Crippen LogP contribution is 2.27. The van der Waals surface area contributed by atoms with Crippen molar-refractivity contribution >= 4 is 33.3 Å². The van der Waals surface area contributed by atoms with Crippen LogP contribution in [0.15, 0.2) is 28.9 Å². The van der Waals surface area contributed by atoms with E-state index in [1.807, 2.05) is 19.1 Å². The summed E-state index contributed by atoms with van der Waals surface area (Å²) in [5.74, 6) is 0.485. The SMILES string of the molecule is Cc1cc(Br)c(-n2ccc(N)n2)cc1Cl. The molecule has 0 saturated carbocycles. The van der Waals surface area contributed by atoms with Crippen LogP contribution < -0.4 is 5.73 Å². The fourth-order valence-corrected chi connectivity index (χ4v) is 2.08. The Morgan fingerprint density at radius 1 is 1.47 bits per heavy atom. The minimum absolute atomic E-state index is 0.485. The average molecular weight is 287 g/mol. The molecule has 0 unspecified atom stereocenters. The summed E-state index contributed by atoms with van der Waals surface area (Å²) in [5.41, 5.74) is 7.45. The van der Waals surface area contributed by atoms with Crippen LogP contribution >= 0.6 is 27.5 Å². The summed E-state index contributed by atoms with van der Waals surface area (Å²) in [7, 11) is 0. The minimum Gasteiger partial charge on any atom is -0.382 e. The number of nitrogen functional groups attached to an aromatic ring is 1. The van der Waals surface area contributed by atoms with Gasteiger partial charge in [-0.1, -0.05) is 11.6 Å². The maximum atomic E-state index is 6.05. The molecule has 0 saturated heterocycles. The van der Waals surface area contributed by atoms with Crippen LogP contribution in [0.2, 0.25) is 5.02 Å². The predicted molar refractivity (Wildman–Crippen MR) is 65.4 cm³/mol. The van der Waals surface area contributed by atoms with Gasteiger partial charge in [-0.25, -0.2) is 4.68 Å². The fraction of sp³-hybridized carbons (Fsp3) is 0.100. The van der Waals surface area contributed by atoms with Crippen molar-refractivity contribution in [1.82, 2.24) is 9.78 Å². The average Bonchev–Trinajstić information content (AvgIpc) is 2.58. The van der Waals surface area contributed by atoms with Crippen LogP contribution in [0.4, 0.5) is 5.82 Å². The Bertz CT molecular complexity index is 507. The van der Waals surface area contributed by atoms with Gasteiger partial charge in [0.2, 0.25) is 0 Å². The Labute approximate surface area is 101 Å². The van der Waals surface area contributed by atoms with E-state index in [9.17, 15) is 0 Å². The highest BCUT2D eigenvalue weighted by atomic mass is 79.9. The third kappa shape index (κ3) is 2.01. The molecule has 1 aromatic carbocycles. The first-order valence-corrected chi connectivity index (χ1v) is 5.52. The Kier molecular flexibility index (Phi) is 2.71. The van der Waals surface area contributed by atoms with Gasteiger partial charge < -0.3 is 5.73 Å². The number of hydrogen-bond acceptors (Lipinski definition) is 2. The Morgan fingerprint density at radius 2 is 2.20 bits per heavy atom. The summed E-state index contributed by atoms with van der Waals surface area (Å²) in [5, 5.41) is 4.83. The van der Waals surface area contributed by atoms with E-state index in [2.05, 4.69) is 21.0 Å². The van der Waals surface area contributed by atoms with E-state index in [1.54, 1.807) is 16.9 Å². The number of halogens is 2. The maximum Gasteiger partial charge on any atom is 0.145 e. The Morgan fingerprint density at radius 3 is 2.80 bits per heavy atom. The molecule has 3 nitrogen and oxygen atoms in total. The van der Waals surface area contributed by atoms with Gasteiger partial charge in [-0.2, -0.15) is 5.10 Å². The third-order valence-electron chi connectivity index (χ3n) is 2.08. The number of aryl methyl sites for hydroxylation is 1. The molecule has 0 spiro atoms. The number of nitrogens with zero attached hydrogens (tertiary/aromatic N) is 2. The standard InChI is InChI=1S/C10H9BrClN3/c1-6-4-7(11)9(5-8(6)12)15-3-2-10(13)14-15/h2-5H,1H3,(H2,13,14). The lowest BCUT2D eigenvalue weighted by atomic mass is 10.2. The molecule has 78 valence electrons. The van der Waals surface area contributed by atoms with Gasteiger partial charge in [0, 0.05) is 21.8 Å². The highest BCUT2D eigenvalue weighted by molar-refractivity contribution is 9.10. The normalized spacial score (nSPS) is 10.6. The number of benzene rings is 1. The molecular formula is C10H9BrClN3. The van der Waals surface area contributed by atoms with Crippen molar-refractivity contribution in [1.29, 1.82) is 0 Å². The van der Waals surface area contributed by atoms with E-state index in [1.165, 1.54) is 0 Å². The topological polar surface area (TPSA) is 43.8 Å². The first-order valence-electron chi connectivity index (χ1n) is 4.35. The molecule has 0 aliphatic rings. The second-order valence-corrected chi connectivity index (χ2v) is 4.50. The molecular weight excluding hydrogens is 277 g/mol. The second-order valence-electron chi connectivity index (χ2n) is 3.24. The number of rotatable bonds is 1. The van der Waals surface area contributed by atoms with Crippen molar-refractivity contribution < 1.29 is 0 Å². The molecule has 2 rings (SSSR count). The predicted octanol–water partition coefficient (Wildman–Crippen LogP) is 3.18. The van der Waals surface area contributed by atoms with Crippen molar-refractivity contribution in [3.05, 3.63) is 39.5 Å². The van der Waals surface area contributed by atoms with Gasteiger partial charge in [0.15, 0.2) is 0 Å². The lowest BCUT2D eigenvalue weighted by Crippen LogP contribution is -1.98. The second kappa shape index (κ2) is 3.87. The van der Waals surface area contributed by atoms with E-state index in [-0.39, 0.29) is 0 Å². The van der Waals surface area contributed by atoms with Gasteiger partial charge in [0.1, 0.15) is 5.82 Å².